The second-order valence-corrected chi connectivity index (χ2v) is 8.05. The van der Waals surface area contributed by atoms with Crippen molar-refractivity contribution in [3.8, 4) is 137 Å². The van der Waals surface area contributed by atoms with Gasteiger partial charge in [0.2, 0.25) is 0 Å². The molecule has 214 valence electrons. The molecule has 0 bridgehead atoms. The Bertz CT molecular complexity index is 2170. The predicted octanol–water partition coefficient (Wildman–Crippen LogP) is 2.51. The molecule has 2 N–H and O–H groups in total. The van der Waals surface area contributed by atoms with Crippen LogP contribution >= 0.6 is 0 Å². The molecule has 0 fully saturated rings. The van der Waals surface area contributed by atoms with Gasteiger partial charge in [-0.2, -0.15) is 0 Å². The number of anilines is 1. The van der Waals surface area contributed by atoms with Crippen molar-refractivity contribution in [1.29, 1.82) is 0 Å². The fourth-order valence-corrected chi connectivity index (χ4v) is 2.90. The van der Waals surface area contributed by atoms with Crippen molar-refractivity contribution in [2.75, 3.05) is 18.9 Å². The van der Waals surface area contributed by atoms with Gasteiger partial charge in [-0.1, -0.05) is 6.07 Å². The highest BCUT2D eigenvalue weighted by Crippen LogP contribution is 2.17. The molecule has 2 aromatic rings. The molecular formula is C40H20N2O4. The number of hydrogen-bond donors (Lipinski definition) is 2. The zero-order valence-corrected chi connectivity index (χ0v) is 24.7. The first-order valence-corrected chi connectivity index (χ1v) is 13.0. The number of ether oxygens (including phenoxy) is 2. The molecule has 0 saturated heterocycles. The molecule has 0 aliphatic heterocycles. The molecule has 0 heterocycles. The summed E-state index contributed by atoms with van der Waals surface area (Å²) in [5.74, 6) is 48.8. The number of amides is 1. The van der Waals surface area contributed by atoms with E-state index in [-0.39, 0.29) is 19.1 Å². The minimum atomic E-state index is -0.579. The quantitative estimate of drug-likeness (QED) is 0.382. The van der Waals surface area contributed by atoms with Crippen LogP contribution in [-0.2, 0) is 16.1 Å². The Hall–Kier alpha value is -7.86. The molecule has 0 saturated carbocycles. The van der Waals surface area contributed by atoms with Crippen molar-refractivity contribution in [2.24, 2.45) is 0 Å². The number of carbonyl (C=O) groups is 2. The van der Waals surface area contributed by atoms with Gasteiger partial charge in [0.15, 0.2) is 0 Å². The van der Waals surface area contributed by atoms with Crippen LogP contribution in [0.4, 0.5) is 5.69 Å². The molecule has 2 aromatic carbocycles. The van der Waals surface area contributed by atoms with Crippen LogP contribution in [-0.4, -0.2) is 25.5 Å². The van der Waals surface area contributed by atoms with Crippen molar-refractivity contribution < 1.29 is 19.1 Å². The van der Waals surface area contributed by atoms with E-state index in [9.17, 15) is 9.59 Å². The van der Waals surface area contributed by atoms with Crippen molar-refractivity contribution in [3.05, 3.63) is 59.2 Å². The number of carbonyl (C=O) groups excluding carboxylic acids is 2. The maximum absolute atomic E-state index is 12.2. The molecule has 0 spiro atoms. The average molecular weight is 593 g/mol. The maximum Gasteiger partial charge on any atom is 0.325 e. The highest BCUT2D eigenvalue weighted by molar-refractivity contribution is 5.96. The van der Waals surface area contributed by atoms with E-state index >= 15 is 0 Å². The summed E-state index contributed by atoms with van der Waals surface area (Å²) in [6, 6.07) is 12.1. The van der Waals surface area contributed by atoms with Crippen LogP contribution < -0.4 is 15.4 Å². The summed E-state index contributed by atoms with van der Waals surface area (Å²) < 4.78 is 10.7. The molecule has 6 nitrogen and oxygen atoms in total. The lowest BCUT2D eigenvalue weighted by molar-refractivity contribution is -0.143. The summed E-state index contributed by atoms with van der Waals surface area (Å²) in [4.78, 5) is 24.3. The van der Waals surface area contributed by atoms with Crippen molar-refractivity contribution in [2.45, 2.75) is 13.5 Å². The minimum absolute atomic E-state index is 0.00455. The Morgan fingerprint density at radius 3 is 1.70 bits per heavy atom. The van der Waals surface area contributed by atoms with Gasteiger partial charge in [0.25, 0.3) is 5.91 Å². The summed E-state index contributed by atoms with van der Waals surface area (Å²) in [7, 11) is 1.78. The van der Waals surface area contributed by atoms with Crippen molar-refractivity contribution >= 4 is 17.6 Å². The number of rotatable bonds is 7. The number of nitrogens with one attached hydrogen (secondary N) is 2. The van der Waals surface area contributed by atoms with Crippen LogP contribution in [0, 0.1) is 138 Å². The first-order chi connectivity index (χ1) is 22.5. The van der Waals surface area contributed by atoms with Crippen LogP contribution in [0.2, 0.25) is 0 Å². The minimum Gasteiger partial charge on any atom is -0.460 e. The maximum atomic E-state index is 12.2. The van der Waals surface area contributed by atoms with E-state index in [0.29, 0.717) is 16.9 Å². The fourth-order valence-electron chi connectivity index (χ4n) is 2.90. The molecule has 46 heavy (non-hydrogen) atoms. The second-order valence-electron chi connectivity index (χ2n) is 8.05. The topological polar surface area (TPSA) is 76.7 Å². The standard InChI is InChI=1S/C40H20N2O4/c1-4-5-6-7-8-9-10-11-12-13-14-15-16-17-18-19-20-21-22-23-28-45-38-30-34(2)29-35(31-38)33-46-39(43)32-42-40(44)36-24-26-37(41-3)27-25-36/h1,24-27,29-31,41H,32-33H2,2-3H3,(H,42,44). The number of terminal acetylenes is 1. The van der Waals surface area contributed by atoms with Gasteiger partial charge in [0.1, 0.15) is 25.0 Å². The first-order valence-electron chi connectivity index (χ1n) is 13.0. The van der Waals surface area contributed by atoms with Gasteiger partial charge in [-0.3, -0.25) is 9.59 Å². The Labute approximate surface area is 269 Å². The van der Waals surface area contributed by atoms with Crippen LogP contribution in [0.5, 0.6) is 5.75 Å². The summed E-state index contributed by atoms with van der Waals surface area (Å²) in [6.07, 6.45) is 7.42. The number of esters is 1. The molecule has 0 atom stereocenters. The van der Waals surface area contributed by atoms with Gasteiger partial charge in [0.05, 0.1) is 0 Å². The van der Waals surface area contributed by atoms with E-state index in [0.717, 1.165) is 11.3 Å². The predicted molar refractivity (Wildman–Crippen MR) is 177 cm³/mol. The van der Waals surface area contributed by atoms with Gasteiger partial charge < -0.3 is 20.1 Å². The highest BCUT2D eigenvalue weighted by Gasteiger charge is 2.10. The monoisotopic (exact) mass is 592 g/mol. The third-order valence-electron chi connectivity index (χ3n) is 4.76. The zero-order valence-electron chi connectivity index (χ0n) is 24.7. The van der Waals surface area contributed by atoms with E-state index in [1.54, 1.807) is 43.4 Å². The van der Waals surface area contributed by atoms with Crippen molar-refractivity contribution in [3.63, 3.8) is 0 Å². The van der Waals surface area contributed by atoms with E-state index in [2.05, 4.69) is 135 Å². The van der Waals surface area contributed by atoms with Gasteiger partial charge in [-0.25, -0.2) is 0 Å². The smallest absolute Gasteiger partial charge is 0.325 e. The summed E-state index contributed by atoms with van der Waals surface area (Å²) in [5.41, 5.74) is 2.87. The van der Waals surface area contributed by atoms with E-state index in [1.807, 2.05) is 13.0 Å². The molecule has 1 amide bonds. The number of aryl methyl sites for hydroxylation is 1. The Morgan fingerprint density at radius 1 is 0.696 bits per heavy atom. The average Bonchev–Trinajstić information content (AvgIpc) is 3.06. The van der Waals surface area contributed by atoms with Gasteiger partial charge in [0, 0.05) is 89.3 Å². The summed E-state index contributed by atoms with van der Waals surface area (Å²) in [6.45, 7) is 1.59. The van der Waals surface area contributed by atoms with Crippen LogP contribution in [0.3, 0.4) is 0 Å². The highest BCUT2D eigenvalue weighted by atomic mass is 16.5. The van der Waals surface area contributed by atoms with Crippen LogP contribution in [0.25, 0.3) is 0 Å². The molecule has 0 aliphatic rings. The zero-order chi connectivity index (χ0) is 33.1. The van der Waals surface area contributed by atoms with Crippen LogP contribution in [0.15, 0.2) is 42.5 Å². The van der Waals surface area contributed by atoms with E-state index in [4.69, 9.17) is 15.9 Å². The lowest BCUT2D eigenvalue weighted by Crippen LogP contribution is -2.30. The Balaban J connectivity index is 1.77. The Kier molecular flexibility index (Phi) is 16.3. The molecule has 0 radical (unpaired) electrons. The van der Waals surface area contributed by atoms with E-state index < -0.39 is 5.97 Å². The first kappa shape index (κ1) is 34.3. The van der Waals surface area contributed by atoms with Gasteiger partial charge in [-0.05, 0) is 102 Å². The molecule has 2 rings (SSSR count). The fraction of sp³-hybridized carbons (Fsp3) is 0.100. The molecule has 0 unspecified atom stereocenters. The summed E-state index contributed by atoms with van der Waals surface area (Å²) >= 11 is 0. The lowest BCUT2D eigenvalue weighted by Gasteiger charge is -2.09. The van der Waals surface area contributed by atoms with Gasteiger partial charge >= 0.3 is 5.97 Å². The third-order valence-corrected chi connectivity index (χ3v) is 4.76. The second kappa shape index (κ2) is 21.8. The SMILES string of the molecule is C#CC#CC#CC#CC#CC#CC#CC#CC#CC#CC#COc1cc(C)cc(COC(=O)CNC(=O)c2ccc(NC)cc2)c1. The largest absolute Gasteiger partial charge is 0.460 e. The molecule has 0 aliphatic carbocycles. The molecular weight excluding hydrogens is 572 g/mol. The number of benzene rings is 2. The molecule has 6 heteroatoms. The number of hydrogen-bond acceptors (Lipinski definition) is 5. The normalized spacial score (nSPS) is 7.24. The lowest BCUT2D eigenvalue weighted by atomic mass is 10.1. The Morgan fingerprint density at radius 2 is 1.20 bits per heavy atom. The molecule has 0 aromatic heterocycles. The van der Waals surface area contributed by atoms with Gasteiger partial charge in [-0.15, -0.1) is 6.42 Å². The van der Waals surface area contributed by atoms with Crippen LogP contribution in [0.1, 0.15) is 21.5 Å². The summed E-state index contributed by atoms with van der Waals surface area (Å²) in [5, 5.41) is 5.51. The van der Waals surface area contributed by atoms with E-state index in [1.165, 1.54) is 0 Å². The van der Waals surface area contributed by atoms with Crippen molar-refractivity contribution in [1.82, 2.24) is 5.32 Å². The third kappa shape index (κ3) is 15.8.